The second kappa shape index (κ2) is 22.4. The van der Waals surface area contributed by atoms with Gasteiger partial charge in [0.25, 0.3) is 5.91 Å². The Morgan fingerprint density at radius 3 is 2.08 bits per heavy atom. The first-order chi connectivity index (χ1) is 28.9. The van der Waals surface area contributed by atoms with Crippen molar-refractivity contribution >= 4 is 44.3 Å². The number of anilines is 1. The average molecular weight is 855 g/mol. The molecule has 1 amide bonds. The van der Waals surface area contributed by atoms with Crippen molar-refractivity contribution < 1.29 is 65.1 Å². The van der Waals surface area contributed by atoms with Crippen LogP contribution in [0.3, 0.4) is 0 Å². The van der Waals surface area contributed by atoms with Crippen molar-refractivity contribution in [1.29, 1.82) is 0 Å². The number of ether oxygens (including phenoxy) is 6. The summed E-state index contributed by atoms with van der Waals surface area (Å²) < 4.78 is 80.1. The standard InChI is InChI=1S/C43H51FN2O13S/c1-4-58-43(50)38(48)27-37(47)32-7-5-6-29(24-32)28-57-23-22-56-21-20-55-19-18-54-17-16-53-15-14-46(60(3,51)52)36-26-39-35(25-34(36)30-8-9-30)40(42(49)45-2)41(59-39)31-10-12-33(44)13-11-31/h5-7,10-13,24-27,30,48H,4,8-9,14-23,28H2,1-3H3,(H,45,49). The lowest BCUT2D eigenvalue weighted by atomic mass is 10.0. The molecule has 60 heavy (non-hydrogen) atoms. The Kier molecular flexibility index (Phi) is 17.2. The average Bonchev–Trinajstić information content (AvgIpc) is 4.01. The number of rotatable bonds is 26. The molecule has 324 valence electrons. The summed E-state index contributed by atoms with van der Waals surface area (Å²) in [5.74, 6) is -2.68. The zero-order valence-electron chi connectivity index (χ0n) is 33.9. The minimum absolute atomic E-state index is 0.0456. The van der Waals surface area contributed by atoms with Crippen molar-refractivity contribution in [3.8, 4) is 11.3 Å². The summed E-state index contributed by atoms with van der Waals surface area (Å²) in [6.45, 7) is 4.59. The van der Waals surface area contributed by atoms with Crippen LogP contribution >= 0.6 is 0 Å². The summed E-state index contributed by atoms with van der Waals surface area (Å²) in [4.78, 5) is 37.0. The molecule has 0 radical (unpaired) electrons. The summed E-state index contributed by atoms with van der Waals surface area (Å²) >= 11 is 0. The van der Waals surface area contributed by atoms with Crippen LogP contribution in [0.2, 0.25) is 0 Å². The third-order valence-corrected chi connectivity index (χ3v) is 10.4. The number of nitrogens with zero attached hydrogens (tertiary/aromatic N) is 1. The van der Waals surface area contributed by atoms with E-state index in [-0.39, 0.29) is 62.7 Å². The number of furan rings is 1. The number of sulfonamides is 1. The predicted molar refractivity (Wildman–Crippen MR) is 220 cm³/mol. The molecule has 1 heterocycles. The van der Waals surface area contributed by atoms with Crippen LogP contribution in [0.4, 0.5) is 10.1 Å². The van der Waals surface area contributed by atoms with Gasteiger partial charge in [-0.1, -0.05) is 18.2 Å². The highest BCUT2D eigenvalue weighted by Gasteiger charge is 2.33. The van der Waals surface area contributed by atoms with Gasteiger partial charge in [-0.15, -0.1) is 0 Å². The van der Waals surface area contributed by atoms with Crippen LogP contribution < -0.4 is 9.62 Å². The smallest absolute Gasteiger partial charge is 0.373 e. The van der Waals surface area contributed by atoms with Crippen LogP contribution in [0.5, 0.6) is 0 Å². The number of hydrogen-bond donors (Lipinski definition) is 2. The van der Waals surface area contributed by atoms with Crippen molar-refractivity contribution in [3.05, 3.63) is 101 Å². The van der Waals surface area contributed by atoms with Gasteiger partial charge in [-0.2, -0.15) is 0 Å². The van der Waals surface area contributed by atoms with E-state index in [0.717, 1.165) is 36.3 Å². The number of aliphatic hydroxyl groups excluding tert-OH is 1. The zero-order chi connectivity index (χ0) is 43.1. The highest BCUT2D eigenvalue weighted by molar-refractivity contribution is 7.92. The van der Waals surface area contributed by atoms with Gasteiger partial charge in [0.2, 0.25) is 15.8 Å². The van der Waals surface area contributed by atoms with Crippen LogP contribution in [-0.4, -0.2) is 117 Å². The molecule has 4 aromatic rings. The summed E-state index contributed by atoms with van der Waals surface area (Å²) in [6.07, 6.45) is 3.73. The molecule has 1 saturated carbocycles. The number of benzene rings is 3. The lowest BCUT2D eigenvalue weighted by Crippen LogP contribution is -2.34. The van der Waals surface area contributed by atoms with E-state index < -0.39 is 33.4 Å². The van der Waals surface area contributed by atoms with Crippen LogP contribution in [0.25, 0.3) is 22.3 Å². The number of aliphatic hydroxyl groups is 1. The first kappa shape index (κ1) is 45.9. The Balaban J connectivity index is 0.983. The fraction of sp³-hybridized carbons (Fsp3) is 0.419. The Labute approximate surface area is 348 Å². The van der Waals surface area contributed by atoms with Crippen LogP contribution in [0.15, 0.2) is 76.9 Å². The lowest BCUT2D eigenvalue weighted by Gasteiger charge is -2.25. The summed E-state index contributed by atoms with van der Waals surface area (Å²) in [7, 11) is -2.23. The van der Waals surface area contributed by atoms with Gasteiger partial charge < -0.3 is 43.3 Å². The third-order valence-electron chi connectivity index (χ3n) is 9.24. The van der Waals surface area contributed by atoms with Crippen LogP contribution in [-0.2, 0) is 49.8 Å². The number of hydrogen-bond acceptors (Lipinski definition) is 13. The van der Waals surface area contributed by atoms with Gasteiger partial charge in [0.15, 0.2) is 5.78 Å². The Hall–Kier alpha value is -5.17. The van der Waals surface area contributed by atoms with Crippen molar-refractivity contribution in [2.45, 2.75) is 32.3 Å². The van der Waals surface area contributed by atoms with E-state index in [2.05, 4.69) is 10.1 Å². The van der Waals surface area contributed by atoms with Gasteiger partial charge >= 0.3 is 5.97 Å². The number of ketones is 1. The SMILES string of the molecule is CCOC(=O)C(O)=CC(=O)c1cccc(COCCOCCOCCOCCOCCN(c2cc3oc(-c4ccc(F)cc4)c(C(=O)NC)c3cc2C2CC2)S(C)(=O)=O)c1. The molecule has 0 saturated heterocycles. The number of halogens is 1. The van der Waals surface area contributed by atoms with Crippen molar-refractivity contribution in [2.24, 2.45) is 0 Å². The monoisotopic (exact) mass is 854 g/mol. The van der Waals surface area contributed by atoms with Crippen molar-refractivity contribution in [1.82, 2.24) is 5.32 Å². The highest BCUT2D eigenvalue weighted by Crippen LogP contribution is 2.48. The Morgan fingerprint density at radius 1 is 0.883 bits per heavy atom. The zero-order valence-corrected chi connectivity index (χ0v) is 34.7. The van der Waals surface area contributed by atoms with E-state index in [1.54, 1.807) is 37.3 Å². The number of amides is 1. The number of allylic oxidation sites excluding steroid dienone is 1. The molecule has 0 bridgehead atoms. The molecule has 2 N–H and O–H groups in total. The van der Waals surface area contributed by atoms with Crippen LogP contribution in [0.1, 0.15) is 57.5 Å². The molecule has 1 aliphatic carbocycles. The fourth-order valence-electron chi connectivity index (χ4n) is 6.21. The number of carbonyl (C=O) groups is 3. The van der Waals surface area contributed by atoms with E-state index in [1.165, 1.54) is 35.6 Å². The van der Waals surface area contributed by atoms with Gasteiger partial charge in [-0.05, 0) is 73.2 Å². The first-order valence-electron chi connectivity index (χ1n) is 19.6. The normalized spacial score (nSPS) is 13.1. The first-order valence-corrected chi connectivity index (χ1v) is 21.4. The highest BCUT2D eigenvalue weighted by atomic mass is 32.2. The van der Waals surface area contributed by atoms with E-state index in [4.69, 9.17) is 28.1 Å². The Bertz CT molecular complexity index is 2220. The minimum Gasteiger partial charge on any atom is -0.502 e. The molecule has 1 aliphatic rings. The molecule has 1 fully saturated rings. The van der Waals surface area contributed by atoms with E-state index in [0.29, 0.717) is 67.4 Å². The largest absolute Gasteiger partial charge is 0.502 e. The molecule has 15 nitrogen and oxygen atoms in total. The maximum atomic E-state index is 13.7. The van der Waals surface area contributed by atoms with Crippen molar-refractivity contribution in [2.75, 3.05) is 90.2 Å². The summed E-state index contributed by atoms with van der Waals surface area (Å²) in [5, 5.41) is 12.9. The minimum atomic E-state index is -3.74. The van der Waals surface area contributed by atoms with E-state index >= 15 is 0 Å². The second-order valence-corrected chi connectivity index (χ2v) is 15.6. The number of carbonyl (C=O) groups excluding carboxylic acids is 3. The number of fused-ring (bicyclic) bond motifs is 1. The molecule has 0 spiro atoms. The summed E-state index contributed by atoms with van der Waals surface area (Å²) in [6, 6.07) is 15.8. The van der Waals surface area contributed by atoms with Crippen LogP contribution in [0, 0.1) is 5.82 Å². The lowest BCUT2D eigenvalue weighted by molar-refractivity contribution is -0.141. The Morgan fingerprint density at radius 2 is 1.50 bits per heavy atom. The molecule has 17 heteroatoms. The molecule has 5 rings (SSSR count). The van der Waals surface area contributed by atoms with Crippen molar-refractivity contribution in [3.63, 3.8) is 0 Å². The van der Waals surface area contributed by atoms with E-state index in [1.807, 2.05) is 6.07 Å². The third kappa shape index (κ3) is 13.2. The molecule has 0 aliphatic heterocycles. The number of nitrogens with one attached hydrogen (secondary N) is 1. The van der Waals surface area contributed by atoms with Gasteiger partial charge in [0, 0.05) is 35.7 Å². The van der Waals surface area contributed by atoms with Gasteiger partial charge in [-0.3, -0.25) is 13.9 Å². The molecule has 1 aromatic heterocycles. The molecule has 0 unspecified atom stereocenters. The van der Waals surface area contributed by atoms with Gasteiger partial charge in [0.05, 0.1) is 96.7 Å². The predicted octanol–water partition coefficient (Wildman–Crippen LogP) is 5.71. The van der Waals surface area contributed by atoms with E-state index in [9.17, 15) is 32.3 Å². The molecular formula is C43H51FN2O13S. The molecular weight excluding hydrogens is 804 g/mol. The quantitative estimate of drug-likeness (QED) is 0.0257. The molecule has 0 atom stereocenters. The second-order valence-electron chi connectivity index (χ2n) is 13.7. The topological polar surface area (TPSA) is 189 Å². The maximum Gasteiger partial charge on any atom is 0.373 e. The maximum absolute atomic E-state index is 13.7. The number of esters is 1. The van der Waals surface area contributed by atoms with Gasteiger partial charge in [-0.25, -0.2) is 17.6 Å². The summed E-state index contributed by atoms with van der Waals surface area (Å²) in [5.41, 5.74) is 3.42. The molecule has 3 aromatic carbocycles. The fourth-order valence-corrected chi connectivity index (χ4v) is 7.13. The van der Waals surface area contributed by atoms with Gasteiger partial charge in [0.1, 0.15) is 17.2 Å².